The van der Waals surface area contributed by atoms with E-state index in [-0.39, 0.29) is 23.8 Å². The van der Waals surface area contributed by atoms with Gasteiger partial charge in [-0.2, -0.15) is 0 Å². The summed E-state index contributed by atoms with van der Waals surface area (Å²) in [5, 5.41) is 5.94. The van der Waals surface area contributed by atoms with E-state index in [1.54, 1.807) is 0 Å². The van der Waals surface area contributed by atoms with Gasteiger partial charge in [0.25, 0.3) is 0 Å². The fraction of sp³-hybridized carbons (Fsp3) is 0.800. The first-order chi connectivity index (χ1) is 7.18. The predicted octanol–water partition coefficient (Wildman–Crippen LogP) is -1.06. The molecule has 2 amide bonds. The highest BCUT2D eigenvalue weighted by Gasteiger charge is 2.33. The fourth-order valence-electron chi connectivity index (χ4n) is 2.18. The van der Waals surface area contributed by atoms with Gasteiger partial charge in [0.2, 0.25) is 11.8 Å². The molecule has 0 aromatic heterocycles. The van der Waals surface area contributed by atoms with Gasteiger partial charge in [0.05, 0.1) is 5.92 Å². The number of hydrogen-bond donors (Lipinski definition) is 2. The van der Waals surface area contributed by atoms with Crippen molar-refractivity contribution in [2.24, 2.45) is 5.92 Å². The summed E-state index contributed by atoms with van der Waals surface area (Å²) in [6.45, 7) is 5.00. The molecule has 0 radical (unpaired) electrons. The maximum Gasteiger partial charge on any atom is 0.228 e. The minimum atomic E-state index is -0.141. The van der Waals surface area contributed by atoms with Crippen molar-refractivity contribution in [3.63, 3.8) is 0 Å². The summed E-state index contributed by atoms with van der Waals surface area (Å²) in [5.41, 5.74) is 0. The molecular weight excluding hydrogens is 194 g/mol. The molecular formula is C10H17N3O2. The molecule has 0 spiro atoms. The highest BCUT2D eigenvalue weighted by molar-refractivity contribution is 5.89. The summed E-state index contributed by atoms with van der Waals surface area (Å²) in [7, 11) is 0. The zero-order valence-corrected chi connectivity index (χ0v) is 8.95. The molecule has 2 N–H and O–H groups in total. The van der Waals surface area contributed by atoms with E-state index in [9.17, 15) is 9.59 Å². The van der Waals surface area contributed by atoms with Crippen LogP contribution < -0.4 is 10.6 Å². The number of carbonyl (C=O) groups is 2. The maximum atomic E-state index is 12.1. The molecule has 2 heterocycles. The molecule has 2 fully saturated rings. The SMILES string of the molecule is C[C@H]1CNCCN1C(=O)C1CNC(=O)C1. The summed E-state index contributed by atoms with van der Waals surface area (Å²) in [6, 6.07) is 0.238. The van der Waals surface area contributed by atoms with Crippen molar-refractivity contribution < 1.29 is 9.59 Å². The predicted molar refractivity (Wildman–Crippen MR) is 55.2 cm³/mol. The lowest BCUT2D eigenvalue weighted by molar-refractivity contribution is -0.138. The second-order valence-corrected chi connectivity index (χ2v) is 4.29. The number of carbonyl (C=O) groups excluding carboxylic acids is 2. The van der Waals surface area contributed by atoms with Gasteiger partial charge >= 0.3 is 0 Å². The fourth-order valence-corrected chi connectivity index (χ4v) is 2.18. The third-order valence-electron chi connectivity index (χ3n) is 3.11. The molecule has 2 rings (SSSR count). The van der Waals surface area contributed by atoms with Gasteiger partial charge in [-0.3, -0.25) is 9.59 Å². The first-order valence-electron chi connectivity index (χ1n) is 5.46. The van der Waals surface area contributed by atoms with Crippen molar-refractivity contribution in [2.45, 2.75) is 19.4 Å². The lowest BCUT2D eigenvalue weighted by atomic mass is 10.1. The Bertz CT molecular complexity index is 280. The monoisotopic (exact) mass is 211 g/mol. The third kappa shape index (κ3) is 2.12. The van der Waals surface area contributed by atoms with Gasteiger partial charge in [-0.25, -0.2) is 0 Å². The number of nitrogens with one attached hydrogen (secondary N) is 2. The lowest BCUT2D eigenvalue weighted by Crippen LogP contribution is -2.54. The Morgan fingerprint density at radius 3 is 2.87 bits per heavy atom. The highest BCUT2D eigenvalue weighted by Crippen LogP contribution is 2.15. The van der Waals surface area contributed by atoms with Gasteiger partial charge in [-0.15, -0.1) is 0 Å². The van der Waals surface area contributed by atoms with Gasteiger partial charge in [0.1, 0.15) is 0 Å². The van der Waals surface area contributed by atoms with E-state index < -0.39 is 0 Å². The van der Waals surface area contributed by atoms with Crippen molar-refractivity contribution in [1.82, 2.24) is 15.5 Å². The second kappa shape index (κ2) is 4.18. The number of hydrogen-bond acceptors (Lipinski definition) is 3. The van der Waals surface area contributed by atoms with Crippen molar-refractivity contribution in [3.8, 4) is 0 Å². The molecule has 2 aliphatic heterocycles. The van der Waals surface area contributed by atoms with Gasteiger partial charge in [-0.05, 0) is 6.92 Å². The van der Waals surface area contributed by atoms with Gasteiger partial charge in [-0.1, -0.05) is 0 Å². The van der Waals surface area contributed by atoms with Crippen LogP contribution in [0.4, 0.5) is 0 Å². The molecule has 2 saturated heterocycles. The quantitative estimate of drug-likeness (QED) is 0.581. The Hall–Kier alpha value is -1.10. The van der Waals surface area contributed by atoms with Crippen LogP contribution in [0.1, 0.15) is 13.3 Å². The van der Waals surface area contributed by atoms with Crippen molar-refractivity contribution in [2.75, 3.05) is 26.2 Å². The molecule has 1 unspecified atom stereocenters. The van der Waals surface area contributed by atoms with Crippen molar-refractivity contribution in [1.29, 1.82) is 0 Å². The number of nitrogens with zero attached hydrogens (tertiary/aromatic N) is 1. The summed E-state index contributed by atoms with van der Waals surface area (Å²) in [5.74, 6) is -0.0171. The zero-order valence-electron chi connectivity index (χ0n) is 8.95. The Balaban J connectivity index is 1.97. The Morgan fingerprint density at radius 1 is 1.47 bits per heavy atom. The summed E-state index contributed by atoms with van der Waals surface area (Å²) < 4.78 is 0. The van der Waals surface area contributed by atoms with Crippen LogP contribution in [0.2, 0.25) is 0 Å². The average Bonchev–Trinajstić information content (AvgIpc) is 2.65. The summed E-state index contributed by atoms with van der Waals surface area (Å²) >= 11 is 0. The summed E-state index contributed by atoms with van der Waals surface area (Å²) in [6.07, 6.45) is 0.357. The van der Waals surface area contributed by atoms with E-state index in [0.29, 0.717) is 13.0 Å². The first kappa shape index (κ1) is 10.4. The lowest BCUT2D eigenvalue weighted by Gasteiger charge is -2.35. The van der Waals surface area contributed by atoms with Crippen LogP contribution >= 0.6 is 0 Å². The molecule has 0 bridgehead atoms. The van der Waals surface area contributed by atoms with Gasteiger partial charge in [0.15, 0.2) is 0 Å². The largest absolute Gasteiger partial charge is 0.355 e. The molecule has 0 aliphatic carbocycles. The molecule has 0 aromatic carbocycles. The number of amides is 2. The van der Waals surface area contributed by atoms with Crippen molar-refractivity contribution >= 4 is 11.8 Å². The zero-order chi connectivity index (χ0) is 10.8. The molecule has 2 atom stereocenters. The van der Waals surface area contributed by atoms with E-state index in [0.717, 1.165) is 19.6 Å². The molecule has 2 aliphatic rings. The van der Waals surface area contributed by atoms with Crippen LogP contribution in [-0.2, 0) is 9.59 Å². The Morgan fingerprint density at radius 2 is 2.27 bits per heavy atom. The van der Waals surface area contributed by atoms with Crippen molar-refractivity contribution in [3.05, 3.63) is 0 Å². The Kier molecular flexibility index (Phi) is 2.90. The molecule has 0 saturated carbocycles. The Labute approximate surface area is 89.2 Å². The normalized spacial score (nSPS) is 31.5. The van der Waals surface area contributed by atoms with E-state index in [1.807, 2.05) is 11.8 Å². The minimum Gasteiger partial charge on any atom is -0.355 e. The van der Waals surface area contributed by atoms with Crippen LogP contribution in [-0.4, -0.2) is 48.9 Å². The molecule has 15 heavy (non-hydrogen) atoms. The smallest absolute Gasteiger partial charge is 0.228 e. The standard InChI is InChI=1S/C10H17N3O2/c1-7-5-11-2-3-13(7)10(15)8-4-9(14)12-6-8/h7-8,11H,2-6H2,1H3,(H,12,14)/t7-,8?/m0/s1. The molecule has 5 nitrogen and oxygen atoms in total. The highest BCUT2D eigenvalue weighted by atomic mass is 16.2. The topological polar surface area (TPSA) is 61.4 Å². The van der Waals surface area contributed by atoms with E-state index in [2.05, 4.69) is 10.6 Å². The van der Waals surface area contributed by atoms with Crippen LogP contribution in [0.15, 0.2) is 0 Å². The number of piperazine rings is 1. The summed E-state index contributed by atoms with van der Waals surface area (Å²) in [4.78, 5) is 25.0. The van der Waals surface area contributed by atoms with Crippen LogP contribution in [0, 0.1) is 5.92 Å². The minimum absolute atomic E-state index is 0.00358. The van der Waals surface area contributed by atoms with E-state index in [1.165, 1.54) is 0 Å². The first-order valence-corrected chi connectivity index (χ1v) is 5.46. The van der Waals surface area contributed by atoms with Gasteiger partial charge < -0.3 is 15.5 Å². The maximum absolute atomic E-state index is 12.1. The average molecular weight is 211 g/mol. The van der Waals surface area contributed by atoms with Gasteiger partial charge in [0, 0.05) is 38.6 Å². The van der Waals surface area contributed by atoms with E-state index in [4.69, 9.17) is 0 Å². The molecule has 5 heteroatoms. The van der Waals surface area contributed by atoms with Crippen LogP contribution in [0.25, 0.3) is 0 Å². The number of rotatable bonds is 1. The second-order valence-electron chi connectivity index (χ2n) is 4.29. The third-order valence-corrected chi connectivity index (χ3v) is 3.11. The van der Waals surface area contributed by atoms with Crippen LogP contribution in [0.3, 0.4) is 0 Å². The van der Waals surface area contributed by atoms with Crippen LogP contribution in [0.5, 0.6) is 0 Å². The molecule has 0 aromatic rings. The van der Waals surface area contributed by atoms with E-state index >= 15 is 0 Å². The molecule has 84 valence electrons.